The molecule has 2 rings (SSSR count). The van der Waals surface area contributed by atoms with Crippen LogP contribution in [-0.2, 0) is 21.4 Å². The Morgan fingerprint density at radius 3 is 2.39 bits per heavy atom. The predicted molar refractivity (Wildman–Crippen MR) is 107 cm³/mol. The van der Waals surface area contributed by atoms with Crippen LogP contribution in [0.2, 0.25) is 0 Å². The number of hydrogen-bond acceptors (Lipinski definition) is 5. The minimum atomic E-state index is -3.78. The van der Waals surface area contributed by atoms with Crippen molar-refractivity contribution in [1.29, 1.82) is 0 Å². The van der Waals surface area contributed by atoms with Crippen LogP contribution in [0.15, 0.2) is 35.7 Å². The summed E-state index contributed by atoms with van der Waals surface area (Å²) < 4.78 is 29.9. The first-order chi connectivity index (χ1) is 13.2. The van der Waals surface area contributed by atoms with Crippen LogP contribution in [0.3, 0.4) is 0 Å². The summed E-state index contributed by atoms with van der Waals surface area (Å²) in [5.41, 5.74) is 1.91. The number of aryl methyl sites for hydroxylation is 3. The van der Waals surface area contributed by atoms with Gasteiger partial charge in [0.2, 0.25) is 15.9 Å². The minimum Gasteiger partial charge on any atom is -0.355 e. The third-order valence-corrected chi connectivity index (χ3v) is 6.07. The van der Waals surface area contributed by atoms with Gasteiger partial charge in [-0.1, -0.05) is 19.9 Å². The Balaban J connectivity index is 1.91. The smallest absolute Gasteiger partial charge is 0.241 e. The Labute approximate surface area is 166 Å². The molecule has 0 radical (unpaired) electrons. The molecule has 0 aliphatic heterocycles. The van der Waals surface area contributed by atoms with Gasteiger partial charge in [0, 0.05) is 13.1 Å². The molecule has 0 spiro atoms. The minimum absolute atomic E-state index is 0.169. The van der Waals surface area contributed by atoms with Crippen LogP contribution in [0, 0.1) is 19.8 Å². The summed E-state index contributed by atoms with van der Waals surface area (Å²) in [6.07, 6.45) is 4.93. The number of sulfonamides is 1. The summed E-state index contributed by atoms with van der Waals surface area (Å²) in [6, 6.07) is 4.12. The fourth-order valence-corrected chi connectivity index (χ4v) is 4.12. The molecule has 8 nitrogen and oxygen atoms in total. The second-order valence-electron chi connectivity index (χ2n) is 7.29. The topological polar surface area (TPSA) is 106 Å². The van der Waals surface area contributed by atoms with Gasteiger partial charge >= 0.3 is 0 Å². The van der Waals surface area contributed by atoms with Crippen molar-refractivity contribution < 1.29 is 13.2 Å². The lowest BCUT2D eigenvalue weighted by atomic mass is 10.1. The van der Waals surface area contributed by atoms with Crippen LogP contribution in [-0.4, -0.2) is 41.7 Å². The number of nitrogens with zero attached hydrogens (tertiary/aromatic N) is 3. The molecule has 0 unspecified atom stereocenters. The van der Waals surface area contributed by atoms with E-state index in [4.69, 9.17) is 0 Å². The third-order valence-electron chi connectivity index (χ3n) is 4.63. The monoisotopic (exact) mass is 407 g/mol. The van der Waals surface area contributed by atoms with Crippen molar-refractivity contribution in [2.75, 3.05) is 6.54 Å². The highest BCUT2D eigenvalue weighted by molar-refractivity contribution is 7.89. The van der Waals surface area contributed by atoms with Gasteiger partial charge in [-0.15, -0.1) is 10.2 Å². The van der Waals surface area contributed by atoms with E-state index in [0.717, 1.165) is 30.5 Å². The first kappa shape index (κ1) is 22.0. The van der Waals surface area contributed by atoms with Crippen LogP contribution < -0.4 is 10.0 Å². The highest BCUT2D eigenvalue weighted by Gasteiger charge is 2.28. The zero-order chi connectivity index (χ0) is 20.7. The summed E-state index contributed by atoms with van der Waals surface area (Å²) in [5.74, 6) is -0.495. The molecule has 9 heteroatoms. The van der Waals surface area contributed by atoms with Crippen molar-refractivity contribution in [3.05, 3.63) is 42.0 Å². The number of hydrogen-bond donors (Lipinski definition) is 2. The standard InChI is InChI=1S/C19H29N5O3S/c1-14(2)18(19(25)20-9-5-6-10-24-12-21-22-13-24)23-28(26,27)17-8-7-15(3)16(4)11-17/h7-8,11-14,18,23H,5-6,9-10H2,1-4H3,(H,20,25)/t18-/m1/s1. The summed E-state index contributed by atoms with van der Waals surface area (Å²) in [6.45, 7) is 8.68. The fourth-order valence-electron chi connectivity index (χ4n) is 2.69. The van der Waals surface area contributed by atoms with E-state index in [-0.39, 0.29) is 16.7 Å². The molecule has 1 atom stereocenters. The van der Waals surface area contributed by atoms with Crippen LogP contribution in [0.1, 0.15) is 37.8 Å². The molecular formula is C19H29N5O3S. The lowest BCUT2D eigenvalue weighted by Crippen LogP contribution is -2.49. The van der Waals surface area contributed by atoms with Crippen LogP contribution in [0.4, 0.5) is 0 Å². The summed E-state index contributed by atoms with van der Waals surface area (Å²) in [7, 11) is -3.78. The largest absolute Gasteiger partial charge is 0.355 e. The maximum Gasteiger partial charge on any atom is 0.241 e. The number of amides is 1. The van der Waals surface area contributed by atoms with E-state index in [1.807, 2.05) is 32.3 Å². The van der Waals surface area contributed by atoms with Gasteiger partial charge in [0.25, 0.3) is 0 Å². The zero-order valence-corrected chi connectivity index (χ0v) is 17.7. The van der Waals surface area contributed by atoms with Crippen molar-refractivity contribution >= 4 is 15.9 Å². The number of carbonyl (C=O) groups excluding carboxylic acids is 1. The number of benzene rings is 1. The van der Waals surface area contributed by atoms with E-state index in [1.165, 1.54) is 0 Å². The maximum atomic E-state index is 12.7. The number of rotatable bonds is 10. The van der Waals surface area contributed by atoms with E-state index in [1.54, 1.807) is 30.9 Å². The Kier molecular flexibility index (Phi) is 7.70. The lowest BCUT2D eigenvalue weighted by Gasteiger charge is -2.22. The molecular weight excluding hydrogens is 378 g/mol. The average Bonchev–Trinajstić information content (AvgIpc) is 3.14. The molecule has 0 aliphatic rings. The second-order valence-corrected chi connectivity index (χ2v) is 9.00. The summed E-state index contributed by atoms with van der Waals surface area (Å²) in [4.78, 5) is 12.7. The molecule has 28 heavy (non-hydrogen) atoms. The van der Waals surface area contributed by atoms with E-state index in [0.29, 0.717) is 6.54 Å². The Morgan fingerprint density at radius 2 is 1.79 bits per heavy atom. The molecule has 2 aromatic rings. The Morgan fingerprint density at radius 1 is 1.11 bits per heavy atom. The molecule has 0 aliphatic carbocycles. The predicted octanol–water partition coefficient (Wildman–Crippen LogP) is 1.79. The number of unbranched alkanes of at least 4 members (excludes halogenated alkanes) is 1. The molecule has 0 fully saturated rings. The highest BCUT2D eigenvalue weighted by atomic mass is 32.2. The molecule has 1 aromatic carbocycles. The third kappa shape index (κ3) is 6.13. The highest BCUT2D eigenvalue weighted by Crippen LogP contribution is 2.16. The molecule has 0 saturated carbocycles. The van der Waals surface area contributed by atoms with Crippen molar-refractivity contribution in [3.8, 4) is 0 Å². The van der Waals surface area contributed by atoms with E-state index >= 15 is 0 Å². The van der Waals surface area contributed by atoms with Gasteiger partial charge in [-0.05, 0) is 55.9 Å². The SMILES string of the molecule is Cc1ccc(S(=O)(=O)N[C@@H](C(=O)NCCCCn2cnnc2)C(C)C)cc1C. The number of aromatic nitrogens is 3. The molecule has 1 aromatic heterocycles. The molecule has 0 bridgehead atoms. The maximum absolute atomic E-state index is 12.7. The van der Waals surface area contributed by atoms with Crippen molar-refractivity contribution in [3.63, 3.8) is 0 Å². The van der Waals surface area contributed by atoms with Crippen LogP contribution >= 0.6 is 0 Å². The molecule has 1 amide bonds. The zero-order valence-electron chi connectivity index (χ0n) is 16.8. The Bertz CT molecular complexity index is 879. The average molecular weight is 408 g/mol. The first-order valence-corrected chi connectivity index (χ1v) is 10.9. The van der Waals surface area contributed by atoms with Crippen LogP contribution in [0.25, 0.3) is 0 Å². The van der Waals surface area contributed by atoms with Gasteiger partial charge in [-0.2, -0.15) is 4.72 Å². The summed E-state index contributed by atoms with van der Waals surface area (Å²) in [5, 5.41) is 10.3. The van der Waals surface area contributed by atoms with Crippen molar-refractivity contribution in [1.82, 2.24) is 24.8 Å². The van der Waals surface area contributed by atoms with Crippen molar-refractivity contribution in [2.24, 2.45) is 5.92 Å². The molecule has 2 N–H and O–H groups in total. The summed E-state index contributed by atoms with van der Waals surface area (Å²) >= 11 is 0. The van der Waals surface area contributed by atoms with Crippen LogP contribution in [0.5, 0.6) is 0 Å². The van der Waals surface area contributed by atoms with Gasteiger partial charge < -0.3 is 9.88 Å². The lowest BCUT2D eigenvalue weighted by molar-refractivity contribution is -0.123. The van der Waals surface area contributed by atoms with Gasteiger partial charge in [0.1, 0.15) is 18.7 Å². The molecule has 1 heterocycles. The normalized spacial score (nSPS) is 12.9. The van der Waals surface area contributed by atoms with Gasteiger partial charge in [0.05, 0.1) is 4.90 Å². The second kappa shape index (κ2) is 9.79. The first-order valence-electron chi connectivity index (χ1n) is 9.40. The van der Waals surface area contributed by atoms with Gasteiger partial charge in [-0.25, -0.2) is 8.42 Å². The Hall–Kier alpha value is -2.26. The quantitative estimate of drug-likeness (QED) is 0.584. The number of carbonyl (C=O) groups is 1. The molecule has 154 valence electrons. The van der Waals surface area contributed by atoms with Gasteiger partial charge in [0.15, 0.2) is 0 Å². The van der Waals surface area contributed by atoms with E-state index in [2.05, 4.69) is 20.2 Å². The van der Waals surface area contributed by atoms with E-state index in [9.17, 15) is 13.2 Å². The number of nitrogens with one attached hydrogen (secondary N) is 2. The molecule has 0 saturated heterocycles. The van der Waals surface area contributed by atoms with Crippen molar-refractivity contribution in [2.45, 2.75) is 58.0 Å². The fraction of sp³-hybridized carbons (Fsp3) is 0.526. The van der Waals surface area contributed by atoms with E-state index < -0.39 is 16.1 Å². The van der Waals surface area contributed by atoms with Gasteiger partial charge in [-0.3, -0.25) is 4.79 Å².